The van der Waals surface area contributed by atoms with Crippen molar-refractivity contribution in [2.24, 2.45) is 0 Å². The monoisotopic (exact) mass is 356 g/mol. The maximum absolute atomic E-state index is 12.3. The summed E-state index contributed by atoms with van der Waals surface area (Å²) in [6, 6.07) is 14.7. The number of nitrogens with one attached hydrogen (secondary N) is 1. The lowest BCUT2D eigenvalue weighted by Crippen LogP contribution is -2.31. The highest BCUT2D eigenvalue weighted by Crippen LogP contribution is 2.16. The van der Waals surface area contributed by atoms with Crippen molar-refractivity contribution in [1.82, 2.24) is 4.90 Å². The number of amides is 1. The second kappa shape index (κ2) is 9.58. The van der Waals surface area contributed by atoms with Crippen molar-refractivity contribution in [3.8, 4) is 0 Å². The molecule has 0 fully saturated rings. The summed E-state index contributed by atoms with van der Waals surface area (Å²) in [5.74, 6) is -0.855. The van der Waals surface area contributed by atoms with Crippen molar-refractivity contribution in [2.75, 3.05) is 32.1 Å². The Kier molecular flexibility index (Phi) is 7.17. The molecule has 0 heterocycles. The van der Waals surface area contributed by atoms with Crippen molar-refractivity contribution in [1.29, 1.82) is 0 Å². The van der Waals surface area contributed by atoms with Crippen molar-refractivity contribution >= 4 is 17.6 Å². The summed E-state index contributed by atoms with van der Waals surface area (Å²) in [6.45, 7) is 2.39. The van der Waals surface area contributed by atoms with Gasteiger partial charge in [0.2, 0.25) is 0 Å². The molecule has 0 unspecified atom stereocenters. The number of aliphatic hydroxyl groups excluding tert-OH is 1. The van der Waals surface area contributed by atoms with E-state index in [0.29, 0.717) is 24.3 Å². The molecular formula is C20H24N2O4. The number of hydrogen-bond acceptors (Lipinski definition) is 5. The van der Waals surface area contributed by atoms with Gasteiger partial charge in [-0.2, -0.15) is 0 Å². The number of carbonyl (C=O) groups excluding carboxylic acids is 2. The van der Waals surface area contributed by atoms with E-state index in [0.717, 1.165) is 11.1 Å². The summed E-state index contributed by atoms with van der Waals surface area (Å²) in [5, 5.41) is 11.9. The molecule has 6 heteroatoms. The molecule has 138 valence electrons. The van der Waals surface area contributed by atoms with Gasteiger partial charge in [-0.15, -0.1) is 0 Å². The number of esters is 1. The summed E-state index contributed by atoms with van der Waals surface area (Å²) in [7, 11) is 1.68. The largest absolute Gasteiger partial charge is 0.452 e. The molecule has 0 aliphatic rings. The molecular weight excluding hydrogens is 332 g/mol. The Morgan fingerprint density at radius 2 is 1.81 bits per heavy atom. The predicted molar refractivity (Wildman–Crippen MR) is 100.0 cm³/mol. The van der Waals surface area contributed by atoms with Crippen molar-refractivity contribution in [2.45, 2.75) is 13.5 Å². The van der Waals surface area contributed by atoms with Gasteiger partial charge >= 0.3 is 5.97 Å². The quantitative estimate of drug-likeness (QED) is 0.709. The first-order valence-electron chi connectivity index (χ1n) is 8.42. The van der Waals surface area contributed by atoms with E-state index < -0.39 is 5.97 Å². The molecule has 1 amide bonds. The molecule has 2 rings (SSSR count). The van der Waals surface area contributed by atoms with Crippen LogP contribution < -0.4 is 5.32 Å². The smallest absolute Gasteiger partial charge is 0.340 e. The molecule has 0 spiro atoms. The van der Waals surface area contributed by atoms with Gasteiger partial charge in [-0.3, -0.25) is 4.79 Å². The van der Waals surface area contributed by atoms with Gasteiger partial charge in [0.15, 0.2) is 6.61 Å². The number of anilines is 1. The molecule has 2 aromatic rings. The number of benzene rings is 2. The number of nitrogens with zero attached hydrogens (tertiary/aromatic N) is 1. The summed E-state index contributed by atoms with van der Waals surface area (Å²) in [4.78, 5) is 26.1. The normalized spacial score (nSPS) is 10.3. The van der Waals surface area contributed by atoms with Crippen LogP contribution in [0.25, 0.3) is 0 Å². The minimum atomic E-state index is -0.580. The number of hydrogen-bond donors (Lipinski definition) is 2. The number of carbonyl (C=O) groups is 2. The number of ether oxygens (including phenoxy) is 1. The van der Waals surface area contributed by atoms with Gasteiger partial charge in [0, 0.05) is 25.8 Å². The van der Waals surface area contributed by atoms with Crippen LogP contribution in [0.5, 0.6) is 0 Å². The maximum Gasteiger partial charge on any atom is 0.340 e. The first-order chi connectivity index (χ1) is 12.5. The Labute approximate surface area is 153 Å². The fraction of sp³-hybridized carbons (Fsp3) is 0.300. The average molecular weight is 356 g/mol. The molecule has 0 bridgehead atoms. The van der Waals surface area contributed by atoms with Crippen LogP contribution >= 0.6 is 0 Å². The van der Waals surface area contributed by atoms with Crippen LogP contribution in [0.3, 0.4) is 0 Å². The van der Waals surface area contributed by atoms with Gasteiger partial charge in [-0.05, 0) is 30.2 Å². The number of para-hydroxylation sites is 1. The molecule has 0 atom stereocenters. The number of rotatable bonds is 8. The Hall–Kier alpha value is -2.86. The van der Waals surface area contributed by atoms with E-state index in [1.807, 2.05) is 31.2 Å². The third kappa shape index (κ3) is 5.32. The van der Waals surface area contributed by atoms with Crippen LogP contribution in [0.1, 0.15) is 21.5 Å². The number of aryl methyl sites for hydroxylation is 1. The molecule has 2 N–H and O–H groups in total. The van der Waals surface area contributed by atoms with Crippen molar-refractivity contribution in [3.63, 3.8) is 0 Å². The van der Waals surface area contributed by atoms with Gasteiger partial charge in [-0.25, -0.2) is 4.79 Å². The van der Waals surface area contributed by atoms with E-state index >= 15 is 0 Å². The molecule has 0 saturated heterocycles. The zero-order chi connectivity index (χ0) is 18.9. The van der Waals surface area contributed by atoms with E-state index in [1.165, 1.54) is 4.90 Å². The maximum atomic E-state index is 12.3. The molecule has 0 saturated carbocycles. The van der Waals surface area contributed by atoms with Gasteiger partial charge in [0.1, 0.15) is 0 Å². The molecule has 0 aliphatic carbocycles. The fourth-order valence-corrected chi connectivity index (χ4v) is 2.45. The zero-order valence-corrected chi connectivity index (χ0v) is 15.1. The summed E-state index contributed by atoms with van der Waals surface area (Å²) >= 11 is 0. The lowest BCUT2D eigenvalue weighted by Gasteiger charge is -2.18. The number of likely N-dealkylation sites (N-methyl/N-ethyl adjacent to an activating group) is 1. The molecule has 2 aromatic carbocycles. The molecule has 0 aromatic heterocycles. The third-order valence-corrected chi connectivity index (χ3v) is 4.00. The van der Waals surface area contributed by atoms with Crippen LogP contribution in [-0.2, 0) is 16.1 Å². The number of aliphatic hydroxyl groups is 1. The summed E-state index contributed by atoms with van der Waals surface area (Å²) < 4.78 is 5.17. The highest BCUT2D eigenvalue weighted by atomic mass is 16.5. The predicted octanol–water partition coefficient (Wildman–Crippen LogP) is 2.21. The molecule has 26 heavy (non-hydrogen) atoms. The van der Waals surface area contributed by atoms with Gasteiger partial charge in [0.25, 0.3) is 5.91 Å². The van der Waals surface area contributed by atoms with Gasteiger partial charge in [-0.1, -0.05) is 36.4 Å². The molecule has 0 aliphatic heterocycles. The first kappa shape index (κ1) is 19.5. The SMILES string of the molecule is Cc1ccccc1CN(C)C(=O)COC(=O)c1ccccc1NCCO. The Morgan fingerprint density at radius 1 is 1.12 bits per heavy atom. The lowest BCUT2D eigenvalue weighted by atomic mass is 10.1. The highest BCUT2D eigenvalue weighted by molar-refractivity contribution is 5.96. The Balaban J connectivity index is 1.92. The Morgan fingerprint density at radius 3 is 2.54 bits per heavy atom. The summed E-state index contributed by atoms with van der Waals surface area (Å²) in [6.07, 6.45) is 0. The van der Waals surface area contributed by atoms with Crippen LogP contribution in [-0.4, -0.2) is 48.7 Å². The lowest BCUT2D eigenvalue weighted by molar-refractivity contribution is -0.133. The second-order valence-corrected chi connectivity index (χ2v) is 5.95. The molecule has 0 radical (unpaired) electrons. The Bertz CT molecular complexity index is 761. The molecule has 6 nitrogen and oxygen atoms in total. The summed E-state index contributed by atoms with van der Waals surface area (Å²) in [5.41, 5.74) is 3.05. The van der Waals surface area contributed by atoms with E-state index in [4.69, 9.17) is 9.84 Å². The average Bonchev–Trinajstić information content (AvgIpc) is 2.66. The highest BCUT2D eigenvalue weighted by Gasteiger charge is 2.16. The van der Waals surface area contributed by atoms with Crippen LogP contribution in [0.2, 0.25) is 0 Å². The van der Waals surface area contributed by atoms with E-state index in [1.54, 1.807) is 31.3 Å². The van der Waals surface area contributed by atoms with E-state index in [-0.39, 0.29) is 19.1 Å². The van der Waals surface area contributed by atoms with E-state index in [9.17, 15) is 9.59 Å². The van der Waals surface area contributed by atoms with Gasteiger partial charge in [0.05, 0.1) is 12.2 Å². The second-order valence-electron chi connectivity index (χ2n) is 5.95. The van der Waals surface area contributed by atoms with Crippen molar-refractivity contribution < 1.29 is 19.4 Å². The van der Waals surface area contributed by atoms with Crippen LogP contribution in [0.4, 0.5) is 5.69 Å². The minimum absolute atomic E-state index is 0.0500. The standard InChI is InChI=1S/C20H24N2O4/c1-15-7-3-4-8-16(15)13-22(2)19(24)14-26-20(25)17-9-5-6-10-18(17)21-11-12-23/h3-10,21,23H,11-14H2,1-2H3. The van der Waals surface area contributed by atoms with Crippen molar-refractivity contribution in [3.05, 3.63) is 65.2 Å². The fourth-order valence-electron chi connectivity index (χ4n) is 2.45. The van der Waals surface area contributed by atoms with Crippen LogP contribution in [0.15, 0.2) is 48.5 Å². The third-order valence-electron chi connectivity index (χ3n) is 4.00. The minimum Gasteiger partial charge on any atom is -0.452 e. The van der Waals surface area contributed by atoms with Gasteiger partial charge < -0.3 is 20.1 Å². The van der Waals surface area contributed by atoms with E-state index in [2.05, 4.69) is 5.32 Å². The first-order valence-corrected chi connectivity index (χ1v) is 8.42. The zero-order valence-electron chi connectivity index (χ0n) is 15.1. The topological polar surface area (TPSA) is 78.9 Å². The van der Waals surface area contributed by atoms with Crippen LogP contribution in [0, 0.1) is 6.92 Å².